The van der Waals surface area contributed by atoms with E-state index in [2.05, 4.69) is 0 Å². The largest absolute Gasteiger partial charge is 0.394 e. The van der Waals surface area contributed by atoms with Crippen LogP contribution in [0, 0.1) is 0 Å². The van der Waals surface area contributed by atoms with Crippen molar-refractivity contribution in [1.82, 2.24) is 0 Å². The van der Waals surface area contributed by atoms with Gasteiger partial charge in [0.1, 0.15) is 73.2 Å². The van der Waals surface area contributed by atoms with E-state index in [1.807, 2.05) is 0 Å². The molecule has 16 nitrogen and oxygen atoms in total. The number of hydrogen-bond donors (Lipinski definition) is 11. The van der Waals surface area contributed by atoms with Gasteiger partial charge in [-0.05, 0) is 0 Å². The predicted molar refractivity (Wildman–Crippen MR) is 101 cm³/mol. The Kier molecular flexibility index (Phi) is 9.54. The summed E-state index contributed by atoms with van der Waals surface area (Å²) in [6.45, 7) is -2.34. The summed E-state index contributed by atoms with van der Waals surface area (Å²) in [5, 5.41) is 109. The Balaban J connectivity index is 1.78. The first kappa shape index (κ1) is 27.9. The fourth-order valence-electron chi connectivity index (χ4n) is 4.05. The van der Waals surface area contributed by atoms with Gasteiger partial charge in [-0.15, -0.1) is 0 Å². The molecule has 0 aromatic rings. The number of ether oxygens (including phenoxy) is 5. The fourth-order valence-corrected chi connectivity index (χ4v) is 4.05. The predicted octanol–water partition coefficient (Wildman–Crippen LogP) is -7.57. The van der Waals surface area contributed by atoms with E-state index in [9.17, 15) is 56.2 Å². The minimum absolute atomic E-state index is 0.759. The van der Waals surface area contributed by atoms with Crippen molar-refractivity contribution in [1.29, 1.82) is 0 Å². The Morgan fingerprint density at radius 1 is 0.441 bits per heavy atom. The van der Waals surface area contributed by atoms with E-state index in [1.165, 1.54) is 0 Å². The molecule has 0 radical (unpaired) electrons. The van der Waals surface area contributed by atoms with E-state index in [-0.39, 0.29) is 0 Å². The molecular formula is C18H32O16. The van der Waals surface area contributed by atoms with E-state index in [0.717, 1.165) is 0 Å². The van der Waals surface area contributed by atoms with E-state index in [0.29, 0.717) is 0 Å². The molecule has 11 N–H and O–H groups in total. The van der Waals surface area contributed by atoms with Crippen LogP contribution in [0.3, 0.4) is 0 Å². The molecule has 6 unspecified atom stereocenters. The summed E-state index contributed by atoms with van der Waals surface area (Å²) in [6, 6.07) is 0. The first-order chi connectivity index (χ1) is 16.0. The van der Waals surface area contributed by atoms with Crippen LogP contribution in [0.5, 0.6) is 0 Å². The van der Waals surface area contributed by atoms with Crippen LogP contribution in [0.25, 0.3) is 0 Å². The first-order valence-corrected chi connectivity index (χ1v) is 10.6. The third-order valence-corrected chi connectivity index (χ3v) is 6.09. The molecule has 0 aliphatic carbocycles. The maximum Gasteiger partial charge on any atom is 0.187 e. The zero-order valence-electron chi connectivity index (χ0n) is 17.7. The highest BCUT2D eigenvalue weighted by Crippen LogP contribution is 2.32. The molecule has 0 amide bonds. The molecule has 0 spiro atoms. The highest BCUT2D eigenvalue weighted by Gasteiger charge is 2.53. The average Bonchev–Trinajstić information content (AvgIpc) is 2.83. The zero-order valence-corrected chi connectivity index (χ0v) is 17.7. The van der Waals surface area contributed by atoms with Crippen LogP contribution in [0.4, 0.5) is 0 Å². The monoisotopic (exact) mass is 504 g/mol. The second-order valence-corrected chi connectivity index (χ2v) is 8.33. The van der Waals surface area contributed by atoms with Crippen LogP contribution in [-0.4, -0.2) is 168 Å². The maximum absolute atomic E-state index is 10.8. The van der Waals surface area contributed by atoms with Crippen LogP contribution in [-0.2, 0) is 23.7 Å². The van der Waals surface area contributed by atoms with Gasteiger partial charge in [0.15, 0.2) is 18.9 Å². The van der Waals surface area contributed by atoms with Crippen LogP contribution in [0.1, 0.15) is 0 Å². The highest BCUT2D eigenvalue weighted by molar-refractivity contribution is 4.96. The van der Waals surface area contributed by atoms with Gasteiger partial charge in [-0.1, -0.05) is 0 Å². The van der Waals surface area contributed by atoms with Crippen LogP contribution in [0.15, 0.2) is 0 Å². The molecule has 3 aliphatic rings. The second-order valence-electron chi connectivity index (χ2n) is 8.33. The van der Waals surface area contributed by atoms with Crippen LogP contribution in [0.2, 0.25) is 0 Å². The third kappa shape index (κ3) is 5.37. The van der Waals surface area contributed by atoms with Gasteiger partial charge in [-0.2, -0.15) is 0 Å². The lowest BCUT2D eigenvalue weighted by Crippen LogP contribution is -2.66. The average molecular weight is 504 g/mol. The molecule has 3 aliphatic heterocycles. The van der Waals surface area contributed by atoms with Gasteiger partial charge < -0.3 is 79.9 Å². The number of hydrogen-bond acceptors (Lipinski definition) is 16. The molecule has 34 heavy (non-hydrogen) atoms. The van der Waals surface area contributed by atoms with Crippen molar-refractivity contribution in [2.24, 2.45) is 0 Å². The molecule has 0 aromatic heterocycles. The molecule has 16 heteroatoms. The van der Waals surface area contributed by atoms with Crippen molar-refractivity contribution in [3.05, 3.63) is 0 Å². The minimum Gasteiger partial charge on any atom is -0.394 e. The summed E-state index contributed by atoms with van der Waals surface area (Å²) in [6.07, 6.45) is -25.4. The topological polar surface area (TPSA) is 269 Å². The smallest absolute Gasteiger partial charge is 0.187 e. The lowest BCUT2D eigenvalue weighted by molar-refractivity contribution is -0.378. The Bertz CT molecular complexity index is 637. The Morgan fingerprint density at radius 3 is 1.50 bits per heavy atom. The van der Waals surface area contributed by atoms with Crippen LogP contribution >= 0.6 is 0 Å². The maximum atomic E-state index is 10.8. The number of aliphatic hydroxyl groups is 11. The molecule has 200 valence electrons. The standard InChI is InChI=1S/C18H32O16/c19-1-4-7(22)9(24)12(27)17(31-4)34-15-8(23)5(2-20)32-18(13(15)28)33-14-6(3-21)30-16(29)11(26)10(14)25/h4-29H,1-3H2/t4?,5?,6?,7-,8-,9-,10+,11?,12?,13?,14-,15-,16+,17-,18-/m0/s1. The first-order valence-electron chi connectivity index (χ1n) is 10.6. The number of rotatable bonds is 7. The molecule has 0 saturated carbocycles. The second kappa shape index (κ2) is 11.6. The molecule has 3 heterocycles. The molecular weight excluding hydrogens is 472 g/mol. The fraction of sp³-hybridized carbons (Fsp3) is 1.00. The summed E-state index contributed by atoms with van der Waals surface area (Å²) in [5.41, 5.74) is 0. The Morgan fingerprint density at radius 2 is 0.941 bits per heavy atom. The summed E-state index contributed by atoms with van der Waals surface area (Å²) in [5.74, 6) is 0. The lowest BCUT2D eigenvalue weighted by Gasteiger charge is -2.47. The minimum atomic E-state index is -1.90. The van der Waals surface area contributed by atoms with Gasteiger partial charge in [0.05, 0.1) is 19.8 Å². The van der Waals surface area contributed by atoms with Crippen molar-refractivity contribution in [2.45, 2.75) is 92.1 Å². The Hall–Kier alpha value is -0.640. The normalized spacial score (nSPS) is 52.5. The SMILES string of the molecule is OCC1O[C@@H](O[C@@H]2C(O)[C@H](O[C@H]3C(CO)O[C@@H](O)C(O)[C@H]3O)OC(CO)[C@@H]2O)C(O)[C@@H](O)[C@H]1O. The summed E-state index contributed by atoms with van der Waals surface area (Å²) in [7, 11) is 0. The highest BCUT2D eigenvalue weighted by atomic mass is 16.7. The summed E-state index contributed by atoms with van der Waals surface area (Å²) in [4.78, 5) is 0. The molecule has 3 saturated heterocycles. The van der Waals surface area contributed by atoms with Crippen LogP contribution < -0.4 is 0 Å². The van der Waals surface area contributed by atoms with Crippen molar-refractivity contribution in [2.75, 3.05) is 19.8 Å². The van der Waals surface area contributed by atoms with Gasteiger partial charge in [-0.3, -0.25) is 0 Å². The molecule has 0 bridgehead atoms. The summed E-state index contributed by atoms with van der Waals surface area (Å²) < 4.78 is 26.4. The lowest BCUT2D eigenvalue weighted by atomic mass is 9.96. The molecule has 3 rings (SSSR count). The van der Waals surface area contributed by atoms with Gasteiger partial charge in [0, 0.05) is 0 Å². The zero-order chi connectivity index (χ0) is 25.3. The van der Waals surface area contributed by atoms with E-state index >= 15 is 0 Å². The van der Waals surface area contributed by atoms with Gasteiger partial charge >= 0.3 is 0 Å². The van der Waals surface area contributed by atoms with Gasteiger partial charge in [0.2, 0.25) is 0 Å². The van der Waals surface area contributed by atoms with E-state index < -0.39 is 112 Å². The van der Waals surface area contributed by atoms with Crippen molar-refractivity contribution in [3.63, 3.8) is 0 Å². The van der Waals surface area contributed by atoms with Crippen molar-refractivity contribution >= 4 is 0 Å². The summed E-state index contributed by atoms with van der Waals surface area (Å²) >= 11 is 0. The van der Waals surface area contributed by atoms with Crippen molar-refractivity contribution < 1.29 is 79.9 Å². The van der Waals surface area contributed by atoms with E-state index in [4.69, 9.17) is 23.7 Å². The molecule has 15 atom stereocenters. The van der Waals surface area contributed by atoms with Gasteiger partial charge in [0.25, 0.3) is 0 Å². The Labute approximate surface area is 192 Å². The quantitative estimate of drug-likeness (QED) is 0.154. The van der Waals surface area contributed by atoms with Crippen molar-refractivity contribution in [3.8, 4) is 0 Å². The molecule has 3 fully saturated rings. The third-order valence-electron chi connectivity index (χ3n) is 6.09. The van der Waals surface area contributed by atoms with Gasteiger partial charge in [-0.25, -0.2) is 0 Å². The number of aliphatic hydroxyl groups excluding tert-OH is 11. The van der Waals surface area contributed by atoms with E-state index in [1.54, 1.807) is 0 Å². The molecule has 0 aromatic carbocycles.